The van der Waals surface area contributed by atoms with Crippen LogP contribution >= 0.6 is 12.2 Å². The molecule has 0 saturated heterocycles. The molecule has 15 heavy (non-hydrogen) atoms. The van der Waals surface area contributed by atoms with Crippen LogP contribution in [0.3, 0.4) is 0 Å². The lowest BCUT2D eigenvalue weighted by atomic mass is 9.96. The highest BCUT2D eigenvalue weighted by Crippen LogP contribution is 2.14. The van der Waals surface area contributed by atoms with Crippen LogP contribution in [0.5, 0.6) is 0 Å². The third-order valence-corrected chi connectivity index (χ3v) is 3.52. The molecule has 0 aliphatic rings. The Bertz CT molecular complexity index is 208. The summed E-state index contributed by atoms with van der Waals surface area (Å²) >= 11 is 5.33. The predicted octanol–water partition coefficient (Wildman–Crippen LogP) is 3.22. The molecule has 0 spiro atoms. The van der Waals surface area contributed by atoms with E-state index < -0.39 is 0 Å². The number of hydrogen-bond acceptors (Lipinski definition) is 1. The van der Waals surface area contributed by atoms with E-state index in [2.05, 4.69) is 52.2 Å². The molecule has 0 aromatic heterocycles. The monoisotopic (exact) mass is 230 g/mol. The van der Waals surface area contributed by atoms with E-state index >= 15 is 0 Å². The van der Waals surface area contributed by atoms with Crippen LogP contribution in [0.2, 0.25) is 0 Å². The third-order valence-electron chi connectivity index (χ3n) is 3.31. The number of thiocarbonyl (C=S) groups is 1. The minimum absolute atomic E-state index is 0.0759. The molecule has 0 heterocycles. The summed E-state index contributed by atoms with van der Waals surface area (Å²) in [7, 11) is 0. The van der Waals surface area contributed by atoms with Crippen LogP contribution in [-0.2, 0) is 0 Å². The Kier molecular flexibility index (Phi) is 5.57. The molecule has 0 atom stereocenters. The maximum Gasteiger partial charge on any atom is 0.167 e. The van der Waals surface area contributed by atoms with E-state index in [4.69, 9.17) is 12.2 Å². The van der Waals surface area contributed by atoms with Crippen LogP contribution in [0, 0.1) is 0 Å². The van der Waals surface area contributed by atoms with Gasteiger partial charge >= 0.3 is 0 Å². The molecule has 0 aromatic rings. The second kappa shape index (κ2) is 5.69. The molecule has 0 amide bonds. The standard InChI is InChI=1S/C12H26N2S/c1-7-11(4,5)13-10(15)14-12(6,8-2)9-3/h7-9H2,1-6H3,(H2,13,14,15). The van der Waals surface area contributed by atoms with Crippen molar-refractivity contribution in [1.82, 2.24) is 10.6 Å². The van der Waals surface area contributed by atoms with E-state index in [1.54, 1.807) is 0 Å². The zero-order chi connectivity index (χ0) is 12.1. The Morgan fingerprint density at radius 2 is 1.40 bits per heavy atom. The van der Waals surface area contributed by atoms with Crippen LogP contribution in [0.25, 0.3) is 0 Å². The lowest BCUT2D eigenvalue weighted by Crippen LogP contribution is -2.54. The SMILES string of the molecule is CCC(C)(C)NC(=S)NC(C)(CC)CC. The van der Waals surface area contributed by atoms with Crippen molar-refractivity contribution in [3.8, 4) is 0 Å². The van der Waals surface area contributed by atoms with Crippen LogP contribution in [0.1, 0.15) is 60.8 Å². The maximum absolute atomic E-state index is 5.33. The number of hydrogen-bond donors (Lipinski definition) is 2. The molecule has 0 aliphatic carbocycles. The Balaban J connectivity index is 4.26. The smallest absolute Gasteiger partial charge is 0.167 e. The van der Waals surface area contributed by atoms with Gasteiger partial charge in [0.25, 0.3) is 0 Å². The van der Waals surface area contributed by atoms with E-state index in [9.17, 15) is 0 Å². The van der Waals surface area contributed by atoms with Gasteiger partial charge in [0.05, 0.1) is 0 Å². The van der Waals surface area contributed by atoms with Crippen molar-refractivity contribution in [2.45, 2.75) is 71.9 Å². The van der Waals surface area contributed by atoms with E-state index in [-0.39, 0.29) is 11.1 Å². The second-order valence-electron chi connectivity index (χ2n) is 5.08. The zero-order valence-corrected chi connectivity index (χ0v) is 11.8. The van der Waals surface area contributed by atoms with Gasteiger partial charge in [-0.3, -0.25) is 0 Å². The molecule has 0 aliphatic heterocycles. The van der Waals surface area contributed by atoms with Gasteiger partial charge in [-0.2, -0.15) is 0 Å². The molecule has 0 aromatic carbocycles. The van der Waals surface area contributed by atoms with Gasteiger partial charge in [-0.25, -0.2) is 0 Å². The first kappa shape index (κ1) is 14.7. The maximum atomic E-state index is 5.33. The van der Waals surface area contributed by atoms with Gasteiger partial charge in [0, 0.05) is 11.1 Å². The molecule has 2 N–H and O–H groups in total. The molecule has 2 nitrogen and oxygen atoms in total. The third kappa shape index (κ3) is 5.36. The van der Waals surface area contributed by atoms with Crippen molar-refractivity contribution in [1.29, 1.82) is 0 Å². The van der Waals surface area contributed by atoms with E-state index in [0.29, 0.717) is 0 Å². The first-order chi connectivity index (χ1) is 6.78. The van der Waals surface area contributed by atoms with Gasteiger partial charge in [0.15, 0.2) is 5.11 Å². The highest BCUT2D eigenvalue weighted by atomic mass is 32.1. The molecule has 0 saturated carbocycles. The summed E-state index contributed by atoms with van der Waals surface area (Å²) in [5, 5.41) is 7.53. The largest absolute Gasteiger partial charge is 0.358 e. The van der Waals surface area contributed by atoms with Gasteiger partial charge in [0.1, 0.15) is 0 Å². The Labute approximate surface area is 100 Å². The molecule has 0 fully saturated rings. The van der Waals surface area contributed by atoms with Gasteiger partial charge < -0.3 is 10.6 Å². The first-order valence-corrected chi connectivity index (χ1v) is 6.29. The minimum Gasteiger partial charge on any atom is -0.358 e. The molecular formula is C12H26N2S. The van der Waals surface area contributed by atoms with Crippen LogP contribution in [-0.4, -0.2) is 16.2 Å². The van der Waals surface area contributed by atoms with Crippen molar-refractivity contribution < 1.29 is 0 Å². The predicted molar refractivity (Wildman–Crippen MR) is 72.2 cm³/mol. The van der Waals surface area contributed by atoms with Crippen LogP contribution < -0.4 is 10.6 Å². The summed E-state index contributed by atoms with van der Waals surface area (Å²) in [6, 6.07) is 0. The van der Waals surface area contributed by atoms with Crippen LogP contribution in [0.4, 0.5) is 0 Å². The Hall–Kier alpha value is -0.310. The Morgan fingerprint density at radius 3 is 1.73 bits per heavy atom. The number of rotatable bonds is 5. The van der Waals surface area contributed by atoms with Gasteiger partial charge in [-0.15, -0.1) is 0 Å². The summed E-state index contributed by atoms with van der Waals surface area (Å²) in [5.74, 6) is 0. The van der Waals surface area contributed by atoms with Crippen LogP contribution in [0.15, 0.2) is 0 Å². The average molecular weight is 230 g/mol. The van der Waals surface area contributed by atoms with Gasteiger partial charge in [-0.05, 0) is 52.3 Å². The van der Waals surface area contributed by atoms with Crippen molar-refractivity contribution in [3.05, 3.63) is 0 Å². The van der Waals surface area contributed by atoms with E-state index in [1.807, 2.05) is 0 Å². The van der Waals surface area contributed by atoms with Gasteiger partial charge in [0.2, 0.25) is 0 Å². The molecule has 0 bridgehead atoms. The second-order valence-corrected chi connectivity index (χ2v) is 5.49. The lowest BCUT2D eigenvalue weighted by molar-refractivity contribution is 0.372. The number of nitrogens with one attached hydrogen (secondary N) is 2. The van der Waals surface area contributed by atoms with Crippen molar-refractivity contribution in [2.75, 3.05) is 0 Å². The minimum atomic E-state index is 0.0759. The molecule has 0 rings (SSSR count). The highest BCUT2D eigenvalue weighted by Gasteiger charge is 2.22. The first-order valence-electron chi connectivity index (χ1n) is 5.89. The fraction of sp³-hybridized carbons (Fsp3) is 0.917. The molecule has 0 radical (unpaired) electrons. The Morgan fingerprint density at radius 1 is 0.933 bits per heavy atom. The fourth-order valence-electron chi connectivity index (χ4n) is 1.13. The summed E-state index contributed by atoms with van der Waals surface area (Å²) < 4.78 is 0. The highest BCUT2D eigenvalue weighted by molar-refractivity contribution is 7.80. The molecule has 3 heteroatoms. The van der Waals surface area contributed by atoms with E-state index in [1.165, 1.54) is 0 Å². The topological polar surface area (TPSA) is 24.1 Å². The fourth-order valence-corrected chi connectivity index (χ4v) is 1.65. The van der Waals surface area contributed by atoms with Crippen molar-refractivity contribution >= 4 is 17.3 Å². The molecule has 0 unspecified atom stereocenters. The zero-order valence-electron chi connectivity index (χ0n) is 11.0. The molecule has 90 valence electrons. The summed E-state index contributed by atoms with van der Waals surface area (Å²) in [5.41, 5.74) is 0.195. The summed E-state index contributed by atoms with van der Waals surface area (Å²) in [4.78, 5) is 0. The summed E-state index contributed by atoms with van der Waals surface area (Å²) in [6.45, 7) is 13.1. The van der Waals surface area contributed by atoms with E-state index in [0.717, 1.165) is 24.4 Å². The van der Waals surface area contributed by atoms with Gasteiger partial charge in [-0.1, -0.05) is 20.8 Å². The average Bonchev–Trinajstić information content (AvgIpc) is 2.16. The molecular weight excluding hydrogens is 204 g/mol. The summed E-state index contributed by atoms with van der Waals surface area (Å²) in [6.07, 6.45) is 3.22. The van der Waals surface area contributed by atoms with Crippen molar-refractivity contribution in [2.24, 2.45) is 0 Å². The normalized spacial score (nSPS) is 12.4. The lowest BCUT2D eigenvalue weighted by Gasteiger charge is -2.33. The quantitative estimate of drug-likeness (QED) is 0.709. The van der Waals surface area contributed by atoms with Crippen molar-refractivity contribution in [3.63, 3.8) is 0 Å².